The fourth-order valence-corrected chi connectivity index (χ4v) is 2.19. The Balaban J connectivity index is 2.16. The van der Waals surface area contributed by atoms with Gasteiger partial charge in [-0.05, 0) is 46.3 Å². The number of hydrogen-bond acceptors (Lipinski definition) is 1. The van der Waals surface area contributed by atoms with E-state index in [2.05, 4.69) is 25.9 Å². The summed E-state index contributed by atoms with van der Waals surface area (Å²) >= 11 is 9.37. The van der Waals surface area contributed by atoms with E-state index in [9.17, 15) is 4.39 Å². The van der Waals surface area contributed by atoms with Crippen molar-refractivity contribution in [3.05, 3.63) is 51.7 Å². The molecule has 0 fully saturated rings. The highest BCUT2D eigenvalue weighted by atomic mass is 79.9. The van der Waals surface area contributed by atoms with Crippen LogP contribution in [0.2, 0.25) is 5.02 Å². The van der Waals surface area contributed by atoms with Gasteiger partial charge in [-0.25, -0.2) is 9.37 Å². The lowest BCUT2D eigenvalue weighted by atomic mass is 10.2. The second-order valence-electron chi connectivity index (χ2n) is 3.88. The van der Waals surface area contributed by atoms with Crippen LogP contribution < -0.4 is 0 Å². The summed E-state index contributed by atoms with van der Waals surface area (Å²) in [7, 11) is 0. The van der Waals surface area contributed by atoms with E-state index in [1.54, 1.807) is 12.1 Å². The minimum atomic E-state index is -0.286. The van der Waals surface area contributed by atoms with Gasteiger partial charge in [-0.15, -0.1) is 0 Å². The quantitative estimate of drug-likeness (QED) is 0.685. The van der Waals surface area contributed by atoms with Crippen LogP contribution in [-0.4, -0.2) is 9.97 Å². The van der Waals surface area contributed by atoms with Crippen LogP contribution in [0.25, 0.3) is 22.4 Å². The average molecular weight is 326 g/mol. The van der Waals surface area contributed by atoms with Gasteiger partial charge >= 0.3 is 0 Å². The number of benzene rings is 2. The van der Waals surface area contributed by atoms with Crippen LogP contribution in [0, 0.1) is 5.82 Å². The highest BCUT2D eigenvalue weighted by molar-refractivity contribution is 9.10. The number of aromatic amines is 1. The number of imidazole rings is 1. The lowest BCUT2D eigenvalue weighted by Gasteiger charge is -1.99. The van der Waals surface area contributed by atoms with Gasteiger partial charge < -0.3 is 4.98 Å². The number of nitrogens with zero attached hydrogens (tertiary/aromatic N) is 1. The zero-order chi connectivity index (χ0) is 12.7. The van der Waals surface area contributed by atoms with Crippen molar-refractivity contribution in [2.24, 2.45) is 0 Å². The van der Waals surface area contributed by atoms with Crippen molar-refractivity contribution in [3.63, 3.8) is 0 Å². The Hall–Kier alpha value is -1.39. The highest BCUT2D eigenvalue weighted by Crippen LogP contribution is 2.28. The van der Waals surface area contributed by atoms with Crippen molar-refractivity contribution >= 4 is 38.6 Å². The Labute approximate surface area is 116 Å². The maximum absolute atomic E-state index is 13.1. The topological polar surface area (TPSA) is 28.7 Å². The Kier molecular flexibility index (Phi) is 2.84. The van der Waals surface area contributed by atoms with E-state index in [-0.39, 0.29) is 5.82 Å². The molecule has 0 saturated heterocycles. The number of fused-ring (bicyclic) bond motifs is 1. The molecule has 18 heavy (non-hydrogen) atoms. The van der Waals surface area contributed by atoms with E-state index < -0.39 is 0 Å². The molecule has 2 aromatic carbocycles. The van der Waals surface area contributed by atoms with Crippen molar-refractivity contribution in [3.8, 4) is 11.4 Å². The van der Waals surface area contributed by atoms with E-state index in [1.807, 2.05) is 12.1 Å². The largest absolute Gasteiger partial charge is 0.338 e. The fourth-order valence-electron chi connectivity index (χ4n) is 1.76. The highest BCUT2D eigenvalue weighted by Gasteiger charge is 2.07. The minimum absolute atomic E-state index is 0.286. The van der Waals surface area contributed by atoms with Gasteiger partial charge in [0.25, 0.3) is 0 Å². The number of H-pyrrole nitrogens is 1. The smallest absolute Gasteiger partial charge is 0.138 e. The number of aromatic nitrogens is 2. The molecule has 0 atom stereocenters. The first-order valence-corrected chi connectivity index (χ1v) is 6.41. The normalized spacial score (nSPS) is 11.1. The van der Waals surface area contributed by atoms with Gasteiger partial charge in [0.05, 0.1) is 16.1 Å². The van der Waals surface area contributed by atoms with Crippen LogP contribution in [0.1, 0.15) is 0 Å². The van der Waals surface area contributed by atoms with Gasteiger partial charge in [0, 0.05) is 10.0 Å². The number of nitrogens with one attached hydrogen (secondary N) is 1. The van der Waals surface area contributed by atoms with E-state index in [0.717, 1.165) is 15.6 Å². The van der Waals surface area contributed by atoms with Crippen molar-refractivity contribution in [1.82, 2.24) is 9.97 Å². The molecule has 0 unspecified atom stereocenters. The first-order valence-electron chi connectivity index (χ1n) is 5.24. The molecule has 1 N–H and O–H groups in total. The summed E-state index contributed by atoms with van der Waals surface area (Å²) in [4.78, 5) is 7.47. The second kappa shape index (κ2) is 4.37. The molecule has 0 spiro atoms. The summed E-state index contributed by atoms with van der Waals surface area (Å²) in [6.45, 7) is 0. The maximum atomic E-state index is 13.1. The molecule has 3 aromatic rings. The molecule has 0 aliphatic rings. The first-order chi connectivity index (χ1) is 8.63. The van der Waals surface area contributed by atoms with E-state index in [1.165, 1.54) is 12.1 Å². The molecule has 90 valence electrons. The zero-order valence-corrected chi connectivity index (χ0v) is 11.4. The van der Waals surface area contributed by atoms with Crippen LogP contribution in [-0.2, 0) is 0 Å². The van der Waals surface area contributed by atoms with Crippen LogP contribution in [0.15, 0.2) is 40.9 Å². The third kappa shape index (κ3) is 2.02. The van der Waals surface area contributed by atoms with E-state index in [0.29, 0.717) is 16.4 Å². The van der Waals surface area contributed by atoms with Crippen LogP contribution in [0.5, 0.6) is 0 Å². The number of rotatable bonds is 1. The summed E-state index contributed by atoms with van der Waals surface area (Å²) < 4.78 is 13.9. The van der Waals surface area contributed by atoms with Gasteiger partial charge in [0.2, 0.25) is 0 Å². The van der Waals surface area contributed by atoms with Crippen molar-refractivity contribution in [2.45, 2.75) is 0 Å². The Bertz CT molecular complexity index is 739. The molecule has 1 aromatic heterocycles. The van der Waals surface area contributed by atoms with Crippen molar-refractivity contribution in [1.29, 1.82) is 0 Å². The summed E-state index contributed by atoms with van der Waals surface area (Å²) in [5, 5.41) is 0.610. The second-order valence-corrected chi connectivity index (χ2v) is 5.14. The van der Waals surface area contributed by atoms with Crippen LogP contribution >= 0.6 is 27.5 Å². The van der Waals surface area contributed by atoms with Crippen LogP contribution in [0.4, 0.5) is 4.39 Å². The molecule has 0 aliphatic carbocycles. The Morgan fingerprint density at radius 3 is 2.78 bits per heavy atom. The summed E-state index contributed by atoms with van der Waals surface area (Å²) in [5.41, 5.74) is 2.26. The summed E-state index contributed by atoms with van der Waals surface area (Å²) in [5.74, 6) is 0.386. The molecule has 0 radical (unpaired) electrons. The van der Waals surface area contributed by atoms with Gasteiger partial charge in [0.15, 0.2) is 0 Å². The Morgan fingerprint density at radius 1 is 1.17 bits per heavy atom. The fraction of sp³-hybridized carbons (Fsp3) is 0. The maximum Gasteiger partial charge on any atom is 0.138 e. The summed E-state index contributed by atoms with van der Waals surface area (Å²) in [6, 6.07) is 10.0. The lowest BCUT2D eigenvalue weighted by molar-refractivity contribution is 0.629. The monoisotopic (exact) mass is 324 g/mol. The molecule has 2 nitrogen and oxygen atoms in total. The van der Waals surface area contributed by atoms with E-state index in [4.69, 9.17) is 11.6 Å². The molecule has 0 saturated carbocycles. The molecule has 0 amide bonds. The van der Waals surface area contributed by atoms with E-state index >= 15 is 0 Å². The Morgan fingerprint density at radius 2 is 2.00 bits per heavy atom. The third-order valence-corrected chi connectivity index (χ3v) is 3.87. The van der Waals surface area contributed by atoms with Gasteiger partial charge in [0.1, 0.15) is 11.6 Å². The molecular formula is C13H7BrClFN2. The van der Waals surface area contributed by atoms with Crippen molar-refractivity contribution in [2.75, 3.05) is 0 Å². The molecular weight excluding hydrogens is 319 g/mol. The summed E-state index contributed by atoms with van der Waals surface area (Å²) in [6.07, 6.45) is 0. The molecule has 0 aliphatic heterocycles. The van der Waals surface area contributed by atoms with Gasteiger partial charge in [-0.3, -0.25) is 0 Å². The van der Waals surface area contributed by atoms with Gasteiger partial charge in [-0.1, -0.05) is 17.7 Å². The van der Waals surface area contributed by atoms with Crippen LogP contribution in [0.3, 0.4) is 0 Å². The molecule has 5 heteroatoms. The van der Waals surface area contributed by atoms with Gasteiger partial charge in [-0.2, -0.15) is 0 Å². The predicted molar refractivity (Wildman–Crippen MR) is 74.2 cm³/mol. The standard InChI is InChI=1S/C13H7BrClFN2/c14-9-3-1-7(5-10(9)15)13-17-11-4-2-8(16)6-12(11)18-13/h1-6H,(H,17,18). The molecule has 0 bridgehead atoms. The zero-order valence-electron chi connectivity index (χ0n) is 9.05. The minimum Gasteiger partial charge on any atom is -0.338 e. The molecule has 3 rings (SSSR count). The van der Waals surface area contributed by atoms with Crippen molar-refractivity contribution < 1.29 is 4.39 Å². The predicted octanol–water partition coefficient (Wildman–Crippen LogP) is 4.78. The third-order valence-electron chi connectivity index (χ3n) is 2.64. The SMILES string of the molecule is Fc1ccc2nc(-c3ccc(Br)c(Cl)c3)[nH]c2c1. The average Bonchev–Trinajstić information content (AvgIpc) is 2.75. The first kappa shape index (κ1) is 11.7. The number of hydrogen-bond donors (Lipinski definition) is 1. The molecule has 1 heterocycles. The lowest BCUT2D eigenvalue weighted by Crippen LogP contribution is -1.80. The number of halogens is 3.